The molecule has 1 aromatic carbocycles. The number of rotatable bonds is 5. The lowest BCUT2D eigenvalue weighted by Crippen LogP contribution is -2.08. The third kappa shape index (κ3) is 3.85. The lowest BCUT2D eigenvalue weighted by Gasteiger charge is -2.11. The second-order valence-corrected chi connectivity index (χ2v) is 6.36. The molecule has 0 atom stereocenters. The zero-order valence-corrected chi connectivity index (χ0v) is 10.8. The summed E-state index contributed by atoms with van der Waals surface area (Å²) in [5, 5.41) is 3.17. The molecule has 3 nitrogen and oxygen atoms in total. The monoisotopic (exact) mass is 241 g/mol. The van der Waals surface area contributed by atoms with Crippen molar-refractivity contribution in [3.63, 3.8) is 0 Å². The van der Waals surface area contributed by atoms with E-state index in [-0.39, 0.29) is 0 Å². The summed E-state index contributed by atoms with van der Waals surface area (Å²) in [6.07, 6.45) is 2.26. The van der Waals surface area contributed by atoms with Crippen molar-refractivity contribution in [2.24, 2.45) is 5.92 Å². The molecule has 0 spiro atoms. The van der Waals surface area contributed by atoms with Crippen molar-refractivity contribution in [2.45, 2.75) is 25.2 Å². The Kier molecular flexibility index (Phi) is 4.35. The average Bonchev–Trinajstić information content (AvgIpc) is 2.16. The van der Waals surface area contributed by atoms with Crippen molar-refractivity contribution in [3.05, 3.63) is 24.3 Å². The van der Waals surface area contributed by atoms with Gasteiger partial charge in [0.25, 0.3) is 0 Å². The minimum Gasteiger partial charge on any atom is -0.384 e. The van der Waals surface area contributed by atoms with Crippen LogP contribution < -0.4 is 5.32 Å². The minimum absolute atomic E-state index is 0.374. The molecule has 0 fully saturated rings. The molecule has 0 heterocycles. The van der Waals surface area contributed by atoms with Gasteiger partial charge >= 0.3 is 0 Å². The van der Waals surface area contributed by atoms with Gasteiger partial charge in [-0.15, -0.1) is 0 Å². The first-order chi connectivity index (χ1) is 7.41. The number of hydrogen-bond donors (Lipinski definition) is 1. The number of nitrogens with one attached hydrogen (secondary N) is 1. The average molecular weight is 241 g/mol. The van der Waals surface area contributed by atoms with Crippen LogP contribution >= 0.6 is 0 Å². The van der Waals surface area contributed by atoms with Crippen molar-refractivity contribution in [3.8, 4) is 0 Å². The summed E-state index contributed by atoms with van der Waals surface area (Å²) in [6.45, 7) is 5.08. The lowest BCUT2D eigenvalue weighted by molar-refractivity contribution is 0.600. The van der Waals surface area contributed by atoms with Crippen LogP contribution in [0.3, 0.4) is 0 Å². The summed E-state index contributed by atoms with van der Waals surface area (Å²) >= 11 is 0. The first kappa shape index (κ1) is 13.0. The quantitative estimate of drug-likeness (QED) is 0.861. The van der Waals surface area contributed by atoms with E-state index in [0.717, 1.165) is 13.0 Å². The minimum atomic E-state index is -3.15. The maximum absolute atomic E-state index is 11.5. The van der Waals surface area contributed by atoms with Gasteiger partial charge in [-0.2, -0.15) is 0 Å². The molecule has 0 amide bonds. The predicted molar refractivity (Wildman–Crippen MR) is 67.5 cm³/mol. The highest BCUT2D eigenvalue weighted by Gasteiger charge is 2.11. The Morgan fingerprint density at radius 1 is 1.25 bits per heavy atom. The van der Waals surface area contributed by atoms with Crippen molar-refractivity contribution >= 4 is 15.5 Å². The Morgan fingerprint density at radius 2 is 1.88 bits per heavy atom. The molecular formula is C12H19NO2S. The van der Waals surface area contributed by atoms with Crippen LogP contribution in [0.5, 0.6) is 0 Å². The molecule has 0 bridgehead atoms. The molecule has 0 unspecified atom stereocenters. The normalized spacial score (nSPS) is 11.8. The van der Waals surface area contributed by atoms with E-state index >= 15 is 0 Å². The molecule has 16 heavy (non-hydrogen) atoms. The van der Waals surface area contributed by atoms with E-state index in [9.17, 15) is 8.42 Å². The SMILES string of the molecule is CC(C)CCNc1ccccc1S(C)(=O)=O. The fourth-order valence-corrected chi connectivity index (χ4v) is 2.30. The molecule has 1 aromatic rings. The van der Waals surface area contributed by atoms with Crippen LogP contribution in [0.2, 0.25) is 0 Å². The number of hydrogen-bond acceptors (Lipinski definition) is 3. The van der Waals surface area contributed by atoms with Crippen LogP contribution in [-0.4, -0.2) is 21.2 Å². The number of benzene rings is 1. The van der Waals surface area contributed by atoms with Crippen LogP contribution in [0.25, 0.3) is 0 Å². The molecule has 0 saturated carbocycles. The molecule has 0 aliphatic heterocycles. The van der Waals surface area contributed by atoms with Crippen molar-refractivity contribution < 1.29 is 8.42 Å². The third-order valence-electron chi connectivity index (χ3n) is 2.32. The number of para-hydroxylation sites is 1. The van der Waals surface area contributed by atoms with Gasteiger partial charge in [0.15, 0.2) is 9.84 Å². The van der Waals surface area contributed by atoms with E-state index in [0.29, 0.717) is 16.5 Å². The van der Waals surface area contributed by atoms with Gasteiger partial charge in [-0.3, -0.25) is 0 Å². The topological polar surface area (TPSA) is 46.2 Å². The second-order valence-electron chi connectivity index (χ2n) is 4.38. The van der Waals surface area contributed by atoms with E-state index in [1.165, 1.54) is 6.26 Å². The summed E-state index contributed by atoms with van der Waals surface area (Å²) in [5.41, 5.74) is 0.700. The van der Waals surface area contributed by atoms with E-state index < -0.39 is 9.84 Å². The molecule has 1 rings (SSSR count). The summed E-state index contributed by atoms with van der Waals surface area (Å²) in [4.78, 5) is 0.374. The van der Waals surface area contributed by atoms with Gasteiger partial charge in [-0.25, -0.2) is 8.42 Å². The van der Waals surface area contributed by atoms with E-state index in [1.54, 1.807) is 18.2 Å². The molecular weight excluding hydrogens is 222 g/mol. The summed E-state index contributed by atoms with van der Waals surface area (Å²) < 4.78 is 23.0. The molecule has 90 valence electrons. The largest absolute Gasteiger partial charge is 0.384 e. The van der Waals surface area contributed by atoms with Crippen LogP contribution in [0, 0.1) is 5.92 Å². The molecule has 0 aliphatic rings. The highest BCUT2D eigenvalue weighted by Crippen LogP contribution is 2.20. The van der Waals surface area contributed by atoms with Crippen molar-refractivity contribution in [1.29, 1.82) is 0 Å². The van der Waals surface area contributed by atoms with E-state index in [2.05, 4.69) is 19.2 Å². The number of anilines is 1. The van der Waals surface area contributed by atoms with Gasteiger partial charge in [-0.05, 0) is 24.5 Å². The zero-order chi connectivity index (χ0) is 12.2. The molecule has 0 aliphatic carbocycles. The predicted octanol–water partition coefficient (Wildman–Crippen LogP) is 2.55. The van der Waals surface area contributed by atoms with Crippen LogP contribution in [0.15, 0.2) is 29.2 Å². The summed E-state index contributed by atoms with van der Waals surface area (Å²) in [7, 11) is -3.15. The second kappa shape index (κ2) is 5.34. The first-order valence-electron chi connectivity index (χ1n) is 5.44. The van der Waals surface area contributed by atoms with Gasteiger partial charge in [0, 0.05) is 12.8 Å². The Hall–Kier alpha value is -1.03. The summed E-state index contributed by atoms with van der Waals surface area (Å²) in [5.74, 6) is 0.609. The standard InChI is InChI=1S/C12H19NO2S/c1-10(2)8-9-13-11-6-4-5-7-12(11)16(3,14)15/h4-7,10,13H,8-9H2,1-3H3. The third-order valence-corrected chi connectivity index (χ3v) is 3.48. The Balaban J connectivity index is 2.80. The molecule has 0 saturated heterocycles. The van der Waals surface area contributed by atoms with Gasteiger partial charge in [-0.1, -0.05) is 26.0 Å². The first-order valence-corrected chi connectivity index (χ1v) is 7.33. The van der Waals surface area contributed by atoms with Gasteiger partial charge in [0.1, 0.15) is 0 Å². The van der Waals surface area contributed by atoms with Gasteiger partial charge < -0.3 is 5.32 Å². The summed E-state index contributed by atoms with van der Waals surface area (Å²) in [6, 6.07) is 7.01. The highest BCUT2D eigenvalue weighted by atomic mass is 32.2. The van der Waals surface area contributed by atoms with E-state index in [1.807, 2.05) is 6.07 Å². The Bertz CT molecular complexity index is 438. The Morgan fingerprint density at radius 3 is 2.44 bits per heavy atom. The Labute approximate surface area is 97.8 Å². The fourth-order valence-electron chi connectivity index (χ4n) is 1.43. The highest BCUT2D eigenvalue weighted by molar-refractivity contribution is 7.90. The molecule has 4 heteroatoms. The van der Waals surface area contributed by atoms with Crippen LogP contribution in [0.4, 0.5) is 5.69 Å². The van der Waals surface area contributed by atoms with Crippen molar-refractivity contribution in [1.82, 2.24) is 0 Å². The maximum Gasteiger partial charge on any atom is 0.177 e. The smallest absolute Gasteiger partial charge is 0.177 e. The lowest BCUT2D eigenvalue weighted by atomic mass is 10.1. The van der Waals surface area contributed by atoms with Crippen LogP contribution in [0.1, 0.15) is 20.3 Å². The van der Waals surface area contributed by atoms with E-state index in [4.69, 9.17) is 0 Å². The number of sulfone groups is 1. The molecule has 0 aromatic heterocycles. The van der Waals surface area contributed by atoms with Crippen molar-refractivity contribution in [2.75, 3.05) is 18.1 Å². The maximum atomic E-state index is 11.5. The van der Waals surface area contributed by atoms with Crippen LogP contribution in [-0.2, 0) is 9.84 Å². The van der Waals surface area contributed by atoms with Gasteiger partial charge in [0.2, 0.25) is 0 Å². The fraction of sp³-hybridized carbons (Fsp3) is 0.500. The van der Waals surface area contributed by atoms with Gasteiger partial charge in [0.05, 0.1) is 10.6 Å². The molecule has 0 radical (unpaired) electrons. The molecule has 1 N–H and O–H groups in total. The zero-order valence-electron chi connectivity index (χ0n) is 10.0.